The lowest BCUT2D eigenvalue weighted by molar-refractivity contribution is -0.143. The molecule has 1 aromatic heterocycles. The van der Waals surface area contributed by atoms with Gasteiger partial charge in [0.1, 0.15) is 18.2 Å². The summed E-state index contributed by atoms with van der Waals surface area (Å²) < 4.78 is 43.5. The predicted molar refractivity (Wildman–Crippen MR) is 120 cm³/mol. The van der Waals surface area contributed by atoms with E-state index in [9.17, 15) is 13.2 Å². The first-order valence-electron chi connectivity index (χ1n) is 9.66. The van der Waals surface area contributed by atoms with Crippen LogP contribution in [-0.2, 0) is 26.2 Å². The van der Waals surface area contributed by atoms with Crippen LogP contribution in [0.3, 0.4) is 0 Å². The Kier molecular flexibility index (Phi) is 6.95. The van der Waals surface area contributed by atoms with Crippen LogP contribution in [0, 0.1) is 0 Å². The molecule has 32 heavy (non-hydrogen) atoms. The lowest BCUT2D eigenvalue weighted by atomic mass is 10.2. The number of esters is 1. The Morgan fingerprint density at radius 3 is 2.75 bits per heavy atom. The van der Waals surface area contributed by atoms with Crippen molar-refractivity contribution in [3.63, 3.8) is 0 Å². The van der Waals surface area contributed by atoms with Crippen molar-refractivity contribution in [1.82, 2.24) is 9.71 Å². The number of sulfonamides is 1. The van der Waals surface area contributed by atoms with Crippen LogP contribution in [0.25, 0.3) is 10.6 Å². The summed E-state index contributed by atoms with van der Waals surface area (Å²) >= 11 is 7.55. The Bertz CT molecular complexity index is 1230. The maximum absolute atomic E-state index is 12.5. The fourth-order valence-corrected chi connectivity index (χ4v) is 4.99. The third kappa shape index (κ3) is 5.39. The maximum atomic E-state index is 12.5. The van der Waals surface area contributed by atoms with E-state index in [-0.39, 0.29) is 11.5 Å². The molecule has 0 amide bonds. The zero-order valence-electron chi connectivity index (χ0n) is 16.7. The predicted octanol–water partition coefficient (Wildman–Crippen LogP) is 3.65. The smallest absolute Gasteiger partial charge is 0.321 e. The summed E-state index contributed by atoms with van der Waals surface area (Å²) in [6.45, 7) is 0.344. The molecule has 4 rings (SSSR count). The number of ether oxygens (including phenoxy) is 3. The molecular weight excluding hydrogens is 476 g/mol. The van der Waals surface area contributed by atoms with Crippen LogP contribution in [0.15, 0.2) is 52.7 Å². The van der Waals surface area contributed by atoms with Gasteiger partial charge >= 0.3 is 5.97 Å². The normalized spacial score (nSPS) is 13.4. The summed E-state index contributed by atoms with van der Waals surface area (Å²) in [4.78, 5) is 16.4. The lowest BCUT2D eigenvalue weighted by Gasteiger charge is -2.10. The summed E-state index contributed by atoms with van der Waals surface area (Å²) in [6, 6.07) is 11.6. The number of fused-ring (bicyclic) bond motifs is 1. The van der Waals surface area contributed by atoms with Crippen molar-refractivity contribution in [2.75, 3.05) is 19.8 Å². The number of aromatic nitrogens is 1. The molecule has 1 aliphatic rings. The second-order valence-corrected chi connectivity index (χ2v) is 9.80. The largest absolute Gasteiger partial charge is 0.490 e. The standard InChI is InChI=1S/C21H19ClN2O6S2/c22-17-5-2-1-4-16(17)21-24-14(13-31-21)12-30-20(25)11-23-32(26,27)15-6-7-18-19(10-15)29-9-3-8-28-18/h1-2,4-7,10,13,23H,3,8-9,11-12H2. The van der Waals surface area contributed by atoms with Gasteiger partial charge in [-0.1, -0.05) is 29.8 Å². The van der Waals surface area contributed by atoms with Gasteiger partial charge in [0.05, 0.1) is 28.8 Å². The third-order valence-electron chi connectivity index (χ3n) is 4.47. The molecular formula is C21H19ClN2O6S2. The van der Waals surface area contributed by atoms with E-state index in [1.165, 1.54) is 29.5 Å². The SMILES string of the molecule is O=C(CNS(=O)(=O)c1ccc2c(c1)OCCCO2)OCc1csc(-c2ccccc2Cl)n1. The zero-order chi connectivity index (χ0) is 22.6. The molecule has 8 nitrogen and oxygen atoms in total. The number of benzene rings is 2. The van der Waals surface area contributed by atoms with Gasteiger partial charge in [-0.15, -0.1) is 11.3 Å². The number of nitrogens with one attached hydrogen (secondary N) is 1. The van der Waals surface area contributed by atoms with Gasteiger partial charge in [-0.25, -0.2) is 13.4 Å². The van der Waals surface area contributed by atoms with Crippen LogP contribution in [0.2, 0.25) is 5.02 Å². The van der Waals surface area contributed by atoms with Gasteiger partial charge in [-0.05, 0) is 18.2 Å². The highest BCUT2D eigenvalue weighted by molar-refractivity contribution is 7.89. The highest BCUT2D eigenvalue weighted by Gasteiger charge is 2.20. The van der Waals surface area contributed by atoms with E-state index < -0.39 is 22.5 Å². The van der Waals surface area contributed by atoms with Gasteiger partial charge in [0.25, 0.3) is 0 Å². The lowest BCUT2D eigenvalue weighted by Crippen LogP contribution is -2.30. The van der Waals surface area contributed by atoms with E-state index in [1.807, 2.05) is 18.2 Å². The molecule has 2 aromatic carbocycles. The summed E-state index contributed by atoms with van der Waals surface area (Å²) in [5, 5.41) is 3.04. The topological polar surface area (TPSA) is 104 Å². The number of rotatable bonds is 7. The molecule has 11 heteroatoms. The number of thiazole rings is 1. The molecule has 2 heterocycles. The molecule has 0 radical (unpaired) electrons. The average Bonchev–Trinajstić information content (AvgIpc) is 3.13. The first kappa shape index (κ1) is 22.5. The zero-order valence-corrected chi connectivity index (χ0v) is 19.1. The first-order chi connectivity index (χ1) is 15.4. The van der Waals surface area contributed by atoms with Crippen LogP contribution in [0.1, 0.15) is 12.1 Å². The molecule has 1 aliphatic heterocycles. The highest BCUT2D eigenvalue weighted by Crippen LogP contribution is 2.32. The van der Waals surface area contributed by atoms with Crippen LogP contribution >= 0.6 is 22.9 Å². The van der Waals surface area contributed by atoms with Crippen molar-refractivity contribution < 1.29 is 27.4 Å². The summed E-state index contributed by atoms with van der Waals surface area (Å²) in [5.41, 5.74) is 1.34. The Morgan fingerprint density at radius 2 is 1.94 bits per heavy atom. The Morgan fingerprint density at radius 1 is 1.16 bits per heavy atom. The van der Waals surface area contributed by atoms with Crippen LogP contribution in [-0.4, -0.2) is 39.1 Å². The minimum atomic E-state index is -3.93. The van der Waals surface area contributed by atoms with E-state index >= 15 is 0 Å². The van der Waals surface area contributed by atoms with Crippen molar-refractivity contribution in [3.05, 3.63) is 58.6 Å². The molecule has 0 atom stereocenters. The molecule has 0 fully saturated rings. The molecule has 0 bridgehead atoms. The van der Waals surface area contributed by atoms with Gasteiger partial charge < -0.3 is 14.2 Å². The van der Waals surface area contributed by atoms with E-state index in [1.54, 1.807) is 11.4 Å². The number of hydrogen-bond acceptors (Lipinski definition) is 8. The quantitative estimate of drug-likeness (QED) is 0.500. The molecule has 0 aliphatic carbocycles. The van der Waals surface area contributed by atoms with Gasteiger partial charge in [-0.2, -0.15) is 4.72 Å². The number of halogens is 1. The molecule has 0 unspecified atom stereocenters. The van der Waals surface area contributed by atoms with E-state index in [0.29, 0.717) is 46.9 Å². The minimum absolute atomic E-state index is 0.0292. The Balaban J connectivity index is 1.32. The third-order valence-corrected chi connectivity index (χ3v) is 7.13. The van der Waals surface area contributed by atoms with Crippen molar-refractivity contribution in [2.45, 2.75) is 17.9 Å². The fourth-order valence-electron chi connectivity index (χ4n) is 2.89. The highest BCUT2D eigenvalue weighted by atomic mass is 35.5. The van der Waals surface area contributed by atoms with Crippen LogP contribution in [0.4, 0.5) is 0 Å². The number of nitrogens with zero attached hydrogens (tertiary/aromatic N) is 1. The first-order valence-corrected chi connectivity index (χ1v) is 12.4. The van der Waals surface area contributed by atoms with Gasteiger partial charge in [0, 0.05) is 23.4 Å². The monoisotopic (exact) mass is 494 g/mol. The molecule has 0 saturated carbocycles. The van der Waals surface area contributed by atoms with Crippen molar-refractivity contribution in [1.29, 1.82) is 0 Å². The average molecular weight is 495 g/mol. The van der Waals surface area contributed by atoms with E-state index in [0.717, 1.165) is 5.56 Å². The van der Waals surface area contributed by atoms with Gasteiger partial charge in [0.15, 0.2) is 11.5 Å². The van der Waals surface area contributed by atoms with Gasteiger partial charge in [-0.3, -0.25) is 4.79 Å². The Labute approximate surface area is 194 Å². The molecule has 3 aromatic rings. The molecule has 1 N–H and O–H groups in total. The molecule has 168 valence electrons. The maximum Gasteiger partial charge on any atom is 0.321 e. The van der Waals surface area contributed by atoms with Crippen LogP contribution < -0.4 is 14.2 Å². The van der Waals surface area contributed by atoms with Crippen molar-refractivity contribution in [3.8, 4) is 22.1 Å². The summed E-state index contributed by atoms with van der Waals surface area (Å²) in [6.07, 6.45) is 0.708. The van der Waals surface area contributed by atoms with E-state index in [2.05, 4.69) is 9.71 Å². The number of carbonyl (C=O) groups is 1. The van der Waals surface area contributed by atoms with Gasteiger partial charge in [0.2, 0.25) is 10.0 Å². The summed E-state index contributed by atoms with van der Waals surface area (Å²) in [5.74, 6) is 0.112. The Hall–Kier alpha value is -2.66. The fraction of sp³-hybridized carbons (Fsp3) is 0.238. The van der Waals surface area contributed by atoms with Crippen molar-refractivity contribution >= 4 is 38.9 Å². The van der Waals surface area contributed by atoms with Crippen molar-refractivity contribution in [2.24, 2.45) is 0 Å². The number of hydrogen-bond donors (Lipinski definition) is 1. The van der Waals surface area contributed by atoms with E-state index in [4.69, 9.17) is 25.8 Å². The van der Waals surface area contributed by atoms with Crippen LogP contribution in [0.5, 0.6) is 11.5 Å². The molecule has 0 saturated heterocycles. The minimum Gasteiger partial charge on any atom is -0.490 e. The number of carbonyl (C=O) groups excluding carboxylic acids is 1. The summed E-state index contributed by atoms with van der Waals surface area (Å²) in [7, 11) is -3.93. The second kappa shape index (κ2) is 9.86. The molecule has 0 spiro atoms. The second-order valence-electron chi connectivity index (χ2n) is 6.77.